The van der Waals surface area contributed by atoms with Gasteiger partial charge < -0.3 is 5.32 Å². The zero-order valence-corrected chi connectivity index (χ0v) is 14.4. The Morgan fingerprint density at radius 1 is 1.25 bits per heavy atom. The first kappa shape index (κ1) is 17.3. The van der Waals surface area contributed by atoms with Gasteiger partial charge in [0.15, 0.2) is 0 Å². The van der Waals surface area contributed by atoms with Crippen LogP contribution in [0.15, 0.2) is 17.0 Å². The van der Waals surface area contributed by atoms with Crippen molar-refractivity contribution in [1.29, 1.82) is 0 Å². The Bertz CT molecular complexity index is 533. The number of aryl methyl sites for hydroxylation is 2. The zero-order chi connectivity index (χ0) is 15.3. The van der Waals surface area contributed by atoms with E-state index in [-0.39, 0.29) is 6.04 Å². The van der Waals surface area contributed by atoms with Crippen LogP contribution in [0.1, 0.15) is 24.5 Å². The van der Waals surface area contributed by atoms with E-state index in [4.69, 9.17) is 0 Å². The van der Waals surface area contributed by atoms with Gasteiger partial charge in [-0.25, -0.2) is 13.1 Å². The molecule has 4 nitrogen and oxygen atoms in total. The second kappa shape index (κ2) is 7.33. The molecule has 1 aromatic rings. The lowest BCUT2D eigenvalue weighted by Gasteiger charge is -2.17. The van der Waals surface area contributed by atoms with Gasteiger partial charge in [0.2, 0.25) is 10.0 Å². The van der Waals surface area contributed by atoms with Gasteiger partial charge >= 0.3 is 0 Å². The summed E-state index contributed by atoms with van der Waals surface area (Å²) in [5, 5.41) is 3.04. The summed E-state index contributed by atoms with van der Waals surface area (Å²) < 4.78 is 27.8. The molecule has 1 atom stereocenters. The number of hydrogen-bond acceptors (Lipinski definition) is 4. The second-order valence-electron chi connectivity index (χ2n) is 4.99. The quantitative estimate of drug-likeness (QED) is 0.812. The fraction of sp³-hybridized carbons (Fsp3) is 0.571. The smallest absolute Gasteiger partial charge is 0.241 e. The number of sulfonamides is 1. The van der Waals surface area contributed by atoms with E-state index in [0.29, 0.717) is 4.90 Å². The standard InChI is InChI=1S/C14H24N2O2S2/c1-10-8-13(15-4)9-11(2)14(10)20(17,18)16-12(3)6-7-19-5/h8-9,12,15-16H,6-7H2,1-5H3. The van der Waals surface area contributed by atoms with E-state index in [1.54, 1.807) is 11.8 Å². The summed E-state index contributed by atoms with van der Waals surface area (Å²) in [5.41, 5.74) is 2.45. The van der Waals surface area contributed by atoms with E-state index >= 15 is 0 Å². The maximum absolute atomic E-state index is 12.5. The molecule has 0 fully saturated rings. The predicted octanol–water partition coefficient (Wildman–Crippen LogP) is 2.77. The predicted molar refractivity (Wildman–Crippen MR) is 88.2 cm³/mol. The molecule has 1 rings (SSSR count). The molecule has 1 aromatic carbocycles. The third-order valence-corrected chi connectivity index (χ3v) is 5.67. The van der Waals surface area contributed by atoms with Gasteiger partial charge in [-0.05, 0) is 62.5 Å². The Labute approximate surface area is 126 Å². The Hall–Kier alpha value is -0.720. The van der Waals surface area contributed by atoms with Crippen LogP contribution in [0.3, 0.4) is 0 Å². The summed E-state index contributed by atoms with van der Waals surface area (Å²) in [6.45, 7) is 5.56. The average Bonchev–Trinajstić information content (AvgIpc) is 2.34. The molecule has 20 heavy (non-hydrogen) atoms. The van der Waals surface area contributed by atoms with Gasteiger partial charge in [-0.15, -0.1) is 0 Å². The highest BCUT2D eigenvalue weighted by molar-refractivity contribution is 7.98. The molecule has 0 spiro atoms. The first-order valence-corrected chi connectivity index (χ1v) is 9.49. The van der Waals surface area contributed by atoms with Crippen molar-refractivity contribution < 1.29 is 8.42 Å². The molecule has 6 heteroatoms. The highest BCUT2D eigenvalue weighted by Gasteiger charge is 2.22. The van der Waals surface area contributed by atoms with Crippen LogP contribution in [0.25, 0.3) is 0 Å². The van der Waals surface area contributed by atoms with Gasteiger partial charge in [0, 0.05) is 18.8 Å². The third-order valence-electron chi connectivity index (χ3n) is 3.13. The molecule has 0 aliphatic rings. The molecule has 2 N–H and O–H groups in total. The number of rotatable bonds is 7. The highest BCUT2D eigenvalue weighted by Crippen LogP contribution is 2.24. The number of hydrogen-bond donors (Lipinski definition) is 2. The second-order valence-corrected chi connectivity index (χ2v) is 7.63. The van der Waals surface area contributed by atoms with Crippen molar-refractivity contribution in [3.05, 3.63) is 23.3 Å². The van der Waals surface area contributed by atoms with E-state index in [1.807, 2.05) is 46.2 Å². The maximum Gasteiger partial charge on any atom is 0.241 e. The van der Waals surface area contributed by atoms with Crippen LogP contribution in [0.5, 0.6) is 0 Å². The Kier molecular flexibility index (Phi) is 6.36. The summed E-state index contributed by atoms with van der Waals surface area (Å²) in [4.78, 5) is 0.396. The molecule has 0 saturated carbocycles. The van der Waals surface area contributed by atoms with Gasteiger partial charge in [0.05, 0.1) is 4.90 Å². The molecular weight excluding hydrogens is 292 g/mol. The van der Waals surface area contributed by atoms with Crippen LogP contribution in [-0.2, 0) is 10.0 Å². The third kappa shape index (κ3) is 4.40. The van der Waals surface area contributed by atoms with E-state index in [2.05, 4.69) is 10.0 Å². The molecule has 0 aliphatic heterocycles. The number of anilines is 1. The lowest BCUT2D eigenvalue weighted by molar-refractivity contribution is 0.556. The number of nitrogens with one attached hydrogen (secondary N) is 2. The van der Waals surface area contributed by atoms with Crippen LogP contribution < -0.4 is 10.0 Å². The van der Waals surface area contributed by atoms with Gasteiger partial charge in [0.25, 0.3) is 0 Å². The van der Waals surface area contributed by atoms with Crippen molar-refractivity contribution >= 4 is 27.5 Å². The minimum atomic E-state index is -3.46. The molecule has 0 bridgehead atoms. The summed E-state index contributed by atoms with van der Waals surface area (Å²) in [5.74, 6) is 0.945. The van der Waals surface area contributed by atoms with Crippen molar-refractivity contribution in [3.63, 3.8) is 0 Å². The Balaban J connectivity index is 3.04. The highest BCUT2D eigenvalue weighted by atomic mass is 32.2. The van der Waals surface area contributed by atoms with Crippen LogP contribution in [-0.4, -0.2) is 33.5 Å². The number of benzene rings is 1. The Morgan fingerprint density at radius 3 is 2.25 bits per heavy atom. The SMILES string of the molecule is CNc1cc(C)c(S(=O)(=O)NC(C)CCSC)c(C)c1. The summed E-state index contributed by atoms with van der Waals surface area (Å²) in [7, 11) is -1.64. The molecule has 114 valence electrons. The zero-order valence-electron chi connectivity index (χ0n) is 12.8. The van der Waals surface area contributed by atoms with Crippen molar-refractivity contribution in [2.75, 3.05) is 24.4 Å². The van der Waals surface area contributed by atoms with E-state index in [0.717, 1.165) is 29.0 Å². The number of thioether (sulfide) groups is 1. The summed E-state index contributed by atoms with van der Waals surface area (Å²) in [6.07, 6.45) is 2.85. The monoisotopic (exact) mass is 316 g/mol. The molecular formula is C14H24N2O2S2. The molecule has 0 saturated heterocycles. The maximum atomic E-state index is 12.5. The van der Waals surface area contributed by atoms with Gasteiger partial charge in [-0.1, -0.05) is 0 Å². The van der Waals surface area contributed by atoms with Crippen LogP contribution in [0, 0.1) is 13.8 Å². The van der Waals surface area contributed by atoms with Gasteiger partial charge in [-0.2, -0.15) is 11.8 Å². The van der Waals surface area contributed by atoms with E-state index in [1.165, 1.54) is 0 Å². The molecule has 1 unspecified atom stereocenters. The normalized spacial score (nSPS) is 13.2. The molecule has 0 heterocycles. The fourth-order valence-corrected chi connectivity index (χ4v) is 4.52. The first-order chi connectivity index (χ1) is 9.31. The van der Waals surface area contributed by atoms with Crippen molar-refractivity contribution in [2.24, 2.45) is 0 Å². The molecule has 0 aromatic heterocycles. The minimum absolute atomic E-state index is 0.0600. The first-order valence-electron chi connectivity index (χ1n) is 6.62. The van der Waals surface area contributed by atoms with E-state index < -0.39 is 10.0 Å². The van der Waals surface area contributed by atoms with Crippen molar-refractivity contribution in [3.8, 4) is 0 Å². The van der Waals surface area contributed by atoms with E-state index in [9.17, 15) is 8.42 Å². The fourth-order valence-electron chi connectivity index (χ4n) is 2.20. The lowest BCUT2D eigenvalue weighted by Crippen LogP contribution is -2.33. The Morgan fingerprint density at radius 2 is 1.80 bits per heavy atom. The van der Waals surface area contributed by atoms with Crippen LogP contribution in [0.4, 0.5) is 5.69 Å². The molecule has 0 amide bonds. The minimum Gasteiger partial charge on any atom is -0.388 e. The van der Waals surface area contributed by atoms with Gasteiger partial charge in [0.1, 0.15) is 0 Å². The summed E-state index contributed by atoms with van der Waals surface area (Å²) in [6, 6.07) is 3.65. The average molecular weight is 316 g/mol. The molecule has 0 aliphatic carbocycles. The van der Waals surface area contributed by atoms with Crippen LogP contribution in [0.2, 0.25) is 0 Å². The lowest BCUT2D eigenvalue weighted by atomic mass is 10.1. The molecule has 0 radical (unpaired) electrons. The van der Waals surface area contributed by atoms with Crippen molar-refractivity contribution in [1.82, 2.24) is 4.72 Å². The largest absolute Gasteiger partial charge is 0.388 e. The van der Waals surface area contributed by atoms with Crippen molar-refractivity contribution in [2.45, 2.75) is 38.1 Å². The van der Waals surface area contributed by atoms with Crippen LogP contribution >= 0.6 is 11.8 Å². The topological polar surface area (TPSA) is 58.2 Å². The summed E-state index contributed by atoms with van der Waals surface area (Å²) >= 11 is 1.72. The van der Waals surface area contributed by atoms with Gasteiger partial charge in [-0.3, -0.25) is 0 Å².